The molecule has 0 amide bonds. The van der Waals surface area contributed by atoms with E-state index in [1.165, 1.54) is 57.8 Å². The summed E-state index contributed by atoms with van der Waals surface area (Å²) < 4.78 is 0. The first-order chi connectivity index (χ1) is 14.8. The van der Waals surface area contributed by atoms with Crippen LogP contribution < -0.4 is 0 Å². The van der Waals surface area contributed by atoms with Gasteiger partial charge in [-0.05, 0) is 114 Å². The fourth-order valence-corrected chi connectivity index (χ4v) is 10.4. The predicted molar refractivity (Wildman–Crippen MR) is 135 cm³/mol. The normalized spacial score (nSPS) is 51.8. The molecule has 0 radical (unpaired) electrons. The van der Waals surface area contributed by atoms with E-state index in [-0.39, 0.29) is 11.5 Å². The summed E-state index contributed by atoms with van der Waals surface area (Å²) in [6.45, 7) is 20.2. The highest BCUT2D eigenvalue weighted by Gasteiger charge is 2.65. The lowest BCUT2D eigenvalue weighted by molar-refractivity contribution is -0.118. The van der Waals surface area contributed by atoms with Crippen molar-refractivity contribution in [2.24, 2.45) is 56.7 Å². The largest absolute Gasteiger partial charge is 0.393 e. The standard InChI is InChI=1S/C31H52O/c1-20(9-10-21-19-27(21,2)3)22-13-17-31(8)24-11-12-25-28(4,5)26(32)15-16-29(25,6)23(24)14-18-30(22,31)7/h14,20-22,24-26,32H,9-13,15-19H2,1-8H3/t20-,21-,22-,24-,25?,26-,29+,30-,31+/m1/s1. The van der Waals surface area contributed by atoms with Crippen molar-refractivity contribution in [3.05, 3.63) is 11.6 Å². The summed E-state index contributed by atoms with van der Waals surface area (Å²) >= 11 is 0. The first-order valence-electron chi connectivity index (χ1n) is 14.2. The molecule has 0 aromatic rings. The average molecular weight is 441 g/mol. The third kappa shape index (κ3) is 3.04. The van der Waals surface area contributed by atoms with Crippen LogP contribution in [0, 0.1) is 56.7 Å². The first-order valence-corrected chi connectivity index (χ1v) is 14.2. The molecule has 5 rings (SSSR count). The Morgan fingerprint density at radius 3 is 2.28 bits per heavy atom. The Morgan fingerprint density at radius 2 is 1.62 bits per heavy atom. The van der Waals surface area contributed by atoms with Gasteiger partial charge in [0.25, 0.3) is 0 Å². The zero-order chi connectivity index (χ0) is 23.3. The number of hydrogen-bond donors (Lipinski definition) is 1. The number of aliphatic hydroxyl groups excluding tert-OH is 1. The van der Waals surface area contributed by atoms with Crippen LogP contribution in [-0.2, 0) is 0 Å². The molecule has 0 aromatic heterocycles. The van der Waals surface area contributed by atoms with E-state index >= 15 is 0 Å². The van der Waals surface area contributed by atoms with E-state index in [2.05, 4.69) is 61.5 Å². The van der Waals surface area contributed by atoms with Gasteiger partial charge >= 0.3 is 0 Å². The lowest BCUT2D eigenvalue weighted by atomic mass is 9.41. The zero-order valence-corrected chi connectivity index (χ0v) is 22.6. The molecule has 32 heavy (non-hydrogen) atoms. The van der Waals surface area contributed by atoms with Crippen LogP contribution in [0.2, 0.25) is 0 Å². The van der Waals surface area contributed by atoms with Gasteiger partial charge in [0.2, 0.25) is 0 Å². The molecule has 5 aliphatic carbocycles. The van der Waals surface area contributed by atoms with Gasteiger partial charge in [-0.15, -0.1) is 0 Å². The summed E-state index contributed by atoms with van der Waals surface area (Å²) in [6, 6.07) is 0. The van der Waals surface area contributed by atoms with Crippen molar-refractivity contribution in [1.82, 2.24) is 0 Å². The molecular formula is C31H52O. The molecule has 1 unspecified atom stereocenters. The van der Waals surface area contributed by atoms with Gasteiger partial charge in [-0.25, -0.2) is 0 Å². The fourth-order valence-electron chi connectivity index (χ4n) is 10.4. The number of rotatable bonds is 4. The molecule has 4 fully saturated rings. The number of fused-ring (bicyclic) bond motifs is 5. The molecule has 0 aliphatic heterocycles. The molecule has 5 aliphatic rings. The van der Waals surface area contributed by atoms with Crippen LogP contribution in [0.25, 0.3) is 0 Å². The quantitative estimate of drug-likeness (QED) is 0.435. The van der Waals surface area contributed by atoms with Crippen molar-refractivity contribution in [3.63, 3.8) is 0 Å². The van der Waals surface area contributed by atoms with Crippen LogP contribution in [0.15, 0.2) is 11.6 Å². The lowest BCUT2D eigenvalue weighted by Crippen LogP contribution is -2.57. The Morgan fingerprint density at radius 1 is 0.938 bits per heavy atom. The number of aliphatic hydroxyl groups is 1. The van der Waals surface area contributed by atoms with Crippen molar-refractivity contribution in [3.8, 4) is 0 Å². The minimum absolute atomic E-state index is 0.0454. The smallest absolute Gasteiger partial charge is 0.0594 e. The number of hydrogen-bond acceptors (Lipinski definition) is 1. The summed E-state index contributed by atoms with van der Waals surface area (Å²) in [5.74, 6) is 4.15. The summed E-state index contributed by atoms with van der Waals surface area (Å²) in [4.78, 5) is 0. The van der Waals surface area contributed by atoms with Crippen LogP contribution in [0.4, 0.5) is 0 Å². The maximum absolute atomic E-state index is 10.8. The summed E-state index contributed by atoms with van der Waals surface area (Å²) in [7, 11) is 0. The van der Waals surface area contributed by atoms with Crippen molar-refractivity contribution in [2.45, 2.75) is 126 Å². The molecule has 0 heterocycles. The van der Waals surface area contributed by atoms with Gasteiger partial charge in [-0.1, -0.05) is 73.5 Å². The van der Waals surface area contributed by atoms with E-state index in [1.54, 1.807) is 0 Å². The molecular weight excluding hydrogens is 388 g/mol. The topological polar surface area (TPSA) is 20.2 Å². The van der Waals surface area contributed by atoms with Crippen LogP contribution in [0.1, 0.15) is 120 Å². The molecule has 0 saturated heterocycles. The van der Waals surface area contributed by atoms with Crippen LogP contribution in [0.3, 0.4) is 0 Å². The third-order valence-electron chi connectivity index (χ3n) is 13.2. The first kappa shape index (κ1) is 23.4. The Bertz CT molecular complexity index is 790. The SMILES string of the molecule is C[C@H](CC[C@@H]1CC1(C)C)[C@H]1CC[C@@]2(C)[C@@H]3CCC4C(C)(C)[C@H](O)CC[C@@]4(C)C3=CC[C@]12C. The predicted octanol–water partition coefficient (Wildman–Crippen LogP) is 8.41. The molecule has 0 aromatic carbocycles. The lowest BCUT2D eigenvalue weighted by Gasteiger charge is -2.64. The van der Waals surface area contributed by atoms with Gasteiger partial charge in [0.15, 0.2) is 0 Å². The summed E-state index contributed by atoms with van der Waals surface area (Å²) in [5, 5.41) is 10.8. The second kappa shape index (κ2) is 7.11. The second-order valence-corrected chi connectivity index (χ2v) is 15.3. The summed E-state index contributed by atoms with van der Waals surface area (Å²) in [5.41, 5.74) is 3.73. The Labute approximate surface area is 199 Å². The van der Waals surface area contributed by atoms with Crippen molar-refractivity contribution >= 4 is 0 Å². The molecule has 1 heteroatoms. The average Bonchev–Trinajstić information content (AvgIpc) is 3.22. The monoisotopic (exact) mass is 440 g/mol. The Balaban J connectivity index is 1.40. The third-order valence-corrected chi connectivity index (χ3v) is 13.2. The fraction of sp³-hybridized carbons (Fsp3) is 0.935. The molecule has 182 valence electrons. The molecule has 9 atom stereocenters. The van der Waals surface area contributed by atoms with Crippen molar-refractivity contribution in [2.75, 3.05) is 0 Å². The highest BCUT2D eigenvalue weighted by Crippen LogP contribution is 2.73. The van der Waals surface area contributed by atoms with Crippen molar-refractivity contribution < 1.29 is 5.11 Å². The molecule has 1 nitrogen and oxygen atoms in total. The van der Waals surface area contributed by atoms with Crippen molar-refractivity contribution in [1.29, 1.82) is 0 Å². The minimum Gasteiger partial charge on any atom is -0.393 e. The van der Waals surface area contributed by atoms with E-state index in [0.717, 1.165) is 30.1 Å². The van der Waals surface area contributed by atoms with Gasteiger partial charge in [0.1, 0.15) is 0 Å². The van der Waals surface area contributed by atoms with E-state index in [4.69, 9.17) is 0 Å². The van der Waals surface area contributed by atoms with E-state index in [0.29, 0.717) is 27.6 Å². The van der Waals surface area contributed by atoms with Gasteiger partial charge in [0, 0.05) is 0 Å². The highest BCUT2D eigenvalue weighted by atomic mass is 16.3. The van der Waals surface area contributed by atoms with E-state index in [1.807, 2.05) is 5.57 Å². The number of allylic oxidation sites excluding steroid dienone is 2. The molecule has 0 spiro atoms. The maximum Gasteiger partial charge on any atom is 0.0594 e. The van der Waals surface area contributed by atoms with Crippen LogP contribution in [-0.4, -0.2) is 11.2 Å². The minimum atomic E-state index is -0.129. The van der Waals surface area contributed by atoms with E-state index < -0.39 is 0 Å². The van der Waals surface area contributed by atoms with Gasteiger partial charge in [0.05, 0.1) is 6.10 Å². The van der Waals surface area contributed by atoms with Crippen LogP contribution in [0.5, 0.6) is 0 Å². The van der Waals surface area contributed by atoms with Gasteiger partial charge in [-0.3, -0.25) is 0 Å². The van der Waals surface area contributed by atoms with E-state index in [9.17, 15) is 5.11 Å². The molecule has 0 bridgehead atoms. The molecule has 4 saturated carbocycles. The summed E-state index contributed by atoms with van der Waals surface area (Å²) in [6.07, 6.45) is 16.0. The second-order valence-electron chi connectivity index (χ2n) is 15.3. The van der Waals surface area contributed by atoms with Crippen LogP contribution >= 0.6 is 0 Å². The maximum atomic E-state index is 10.8. The highest BCUT2D eigenvalue weighted by molar-refractivity contribution is 5.32. The van der Waals surface area contributed by atoms with Gasteiger partial charge in [-0.2, -0.15) is 0 Å². The Hall–Kier alpha value is -0.300. The Kier molecular flexibility index (Phi) is 5.21. The van der Waals surface area contributed by atoms with Gasteiger partial charge < -0.3 is 5.11 Å². The molecule has 1 N–H and O–H groups in total. The zero-order valence-electron chi connectivity index (χ0n) is 22.6.